The molecule has 1 saturated carbocycles. The lowest BCUT2D eigenvalue weighted by Crippen LogP contribution is -2.28. The summed E-state index contributed by atoms with van der Waals surface area (Å²) in [6.45, 7) is 2.79. The Kier molecular flexibility index (Phi) is 4.34. The Bertz CT molecular complexity index is 629. The van der Waals surface area contributed by atoms with Crippen LogP contribution in [0.1, 0.15) is 41.7 Å². The third kappa shape index (κ3) is 3.50. The van der Waals surface area contributed by atoms with Crippen molar-refractivity contribution < 1.29 is 4.79 Å². The molecule has 0 spiro atoms. The van der Waals surface area contributed by atoms with Crippen LogP contribution in [0.4, 0.5) is 0 Å². The maximum atomic E-state index is 12.3. The molecule has 1 N–H and O–H groups in total. The van der Waals surface area contributed by atoms with Gasteiger partial charge in [0.2, 0.25) is 0 Å². The zero-order valence-electron chi connectivity index (χ0n) is 12.3. The SMILES string of the molecule is Cc1csc(-c2cccc(C(=O)NCC3CCCC3)c2)n1. The number of nitrogens with zero attached hydrogens (tertiary/aromatic N) is 1. The van der Waals surface area contributed by atoms with Crippen LogP contribution >= 0.6 is 11.3 Å². The minimum absolute atomic E-state index is 0.0250. The van der Waals surface area contributed by atoms with Crippen LogP contribution in [0.3, 0.4) is 0 Å². The first-order chi connectivity index (χ1) is 10.2. The molecule has 1 amide bonds. The fourth-order valence-electron chi connectivity index (χ4n) is 2.83. The van der Waals surface area contributed by atoms with E-state index in [0.717, 1.165) is 28.4 Å². The van der Waals surface area contributed by atoms with E-state index >= 15 is 0 Å². The van der Waals surface area contributed by atoms with Crippen LogP contribution in [0, 0.1) is 12.8 Å². The van der Waals surface area contributed by atoms with Crippen molar-refractivity contribution in [2.75, 3.05) is 6.54 Å². The average Bonchev–Trinajstić information content (AvgIpc) is 3.16. The van der Waals surface area contributed by atoms with Gasteiger partial charge in [0, 0.05) is 28.7 Å². The Balaban J connectivity index is 1.68. The highest BCUT2D eigenvalue weighted by Crippen LogP contribution is 2.25. The fraction of sp³-hybridized carbons (Fsp3) is 0.412. The van der Waals surface area contributed by atoms with E-state index in [1.165, 1.54) is 25.7 Å². The summed E-state index contributed by atoms with van der Waals surface area (Å²) in [4.78, 5) is 16.7. The molecular formula is C17H20N2OS. The number of aryl methyl sites for hydroxylation is 1. The van der Waals surface area contributed by atoms with E-state index in [0.29, 0.717) is 5.92 Å². The van der Waals surface area contributed by atoms with Gasteiger partial charge in [-0.2, -0.15) is 0 Å². The zero-order valence-corrected chi connectivity index (χ0v) is 13.1. The molecule has 21 heavy (non-hydrogen) atoms. The number of benzene rings is 1. The van der Waals surface area contributed by atoms with Crippen molar-refractivity contribution in [1.82, 2.24) is 10.3 Å². The summed E-state index contributed by atoms with van der Waals surface area (Å²) in [6.07, 6.45) is 5.11. The number of thiazole rings is 1. The molecule has 110 valence electrons. The first kappa shape index (κ1) is 14.3. The molecule has 0 bridgehead atoms. The van der Waals surface area contributed by atoms with Crippen molar-refractivity contribution in [3.05, 3.63) is 40.9 Å². The van der Waals surface area contributed by atoms with Crippen LogP contribution in [0.5, 0.6) is 0 Å². The number of carbonyl (C=O) groups is 1. The fourth-order valence-corrected chi connectivity index (χ4v) is 3.63. The highest BCUT2D eigenvalue weighted by Gasteiger charge is 2.16. The van der Waals surface area contributed by atoms with Gasteiger partial charge in [-0.15, -0.1) is 11.3 Å². The van der Waals surface area contributed by atoms with E-state index in [1.807, 2.05) is 36.6 Å². The Morgan fingerprint density at radius 3 is 2.90 bits per heavy atom. The van der Waals surface area contributed by atoms with Crippen LogP contribution in [0.15, 0.2) is 29.6 Å². The summed E-state index contributed by atoms with van der Waals surface area (Å²) < 4.78 is 0. The second-order valence-electron chi connectivity index (χ2n) is 5.74. The number of rotatable bonds is 4. The van der Waals surface area contributed by atoms with E-state index < -0.39 is 0 Å². The summed E-state index contributed by atoms with van der Waals surface area (Å²) in [5.74, 6) is 0.691. The van der Waals surface area contributed by atoms with E-state index in [4.69, 9.17) is 0 Å². The molecule has 4 heteroatoms. The van der Waals surface area contributed by atoms with Crippen molar-refractivity contribution in [3.8, 4) is 10.6 Å². The number of nitrogens with one attached hydrogen (secondary N) is 1. The number of amides is 1. The lowest BCUT2D eigenvalue weighted by Gasteiger charge is -2.11. The van der Waals surface area contributed by atoms with Crippen molar-refractivity contribution in [1.29, 1.82) is 0 Å². The molecule has 0 saturated heterocycles. The van der Waals surface area contributed by atoms with Gasteiger partial charge < -0.3 is 5.32 Å². The van der Waals surface area contributed by atoms with Crippen LogP contribution in [-0.4, -0.2) is 17.4 Å². The average molecular weight is 300 g/mol. The number of aromatic nitrogens is 1. The molecule has 0 atom stereocenters. The molecule has 1 aromatic heterocycles. The first-order valence-corrected chi connectivity index (χ1v) is 8.41. The summed E-state index contributed by atoms with van der Waals surface area (Å²) >= 11 is 1.61. The Hall–Kier alpha value is -1.68. The van der Waals surface area contributed by atoms with Gasteiger partial charge in [-0.1, -0.05) is 25.0 Å². The van der Waals surface area contributed by atoms with Gasteiger partial charge in [0.05, 0.1) is 0 Å². The smallest absolute Gasteiger partial charge is 0.251 e. The normalized spacial score (nSPS) is 15.3. The second-order valence-corrected chi connectivity index (χ2v) is 6.59. The van der Waals surface area contributed by atoms with Gasteiger partial charge in [-0.3, -0.25) is 4.79 Å². The lowest BCUT2D eigenvalue weighted by molar-refractivity contribution is 0.0947. The maximum Gasteiger partial charge on any atom is 0.251 e. The molecule has 0 aliphatic heterocycles. The lowest BCUT2D eigenvalue weighted by atomic mass is 10.1. The maximum absolute atomic E-state index is 12.3. The summed E-state index contributed by atoms with van der Waals surface area (Å²) in [7, 11) is 0. The number of hydrogen-bond acceptors (Lipinski definition) is 3. The van der Waals surface area contributed by atoms with Gasteiger partial charge in [0.25, 0.3) is 5.91 Å². The third-order valence-corrected chi connectivity index (χ3v) is 5.03. The van der Waals surface area contributed by atoms with Gasteiger partial charge >= 0.3 is 0 Å². The predicted octanol–water partition coefficient (Wildman–Crippen LogP) is 4.04. The molecule has 2 aromatic rings. The third-order valence-electron chi connectivity index (χ3n) is 4.02. The Labute approximate surface area is 129 Å². The monoisotopic (exact) mass is 300 g/mol. The van der Waals surface area contributed by atoms with E-state index in [1.54, 1.807) is 11.3 Å². The largest absolute Gasteiger partial charge is 0.352 e. The molecule has 1 aromatic carbocycles. The molecule has 3 nitrogen and oxygen atoms in total. The van der Waals surface area contributed by atoms with Gasteiger partial charge in [-0.25, -0.2) is 4.98 Å². The molecular weight excluding hydrogens is 280 g/mol. The molecule has 0 unspecified atom stereocenters. The summed E-state index contributed by atoms with van der Waals surface area (Å²) in [5, 5.41) is 6.07. The molecule has 3 rings (SSSR count). The Morgan fingerprint density at radius 2 is 2.19 bits per heavy atom. The van der Waals surface area contributed by atoms with Crippen LogP contribution in [0.2, 0.25) is 0 Å². The molecule has 1 fully saturated rings. The van der Waals surface area contributed by atoms with Crippen molar-refractivity contribution >= 4 is 17.2 Å². The van der Waals surface area contributed by atoms with E-state index in [2.05, 4.69) is 10.3 Å². The Morgan fingerprint density at radius 1 is 1.38 bits per heavy atom. The summed E-state index contributed by atoms with van der Waals surface area (Å²) in [5.41, 5.74) is 2.76. The van der Waals surface area contributed by atoms with E-state index in [-0.39, 0.29) is 5.91 Å². The van der Waals surface area contributed by atoms with Gasteiger partial charge in [-0.05, 0) is 37.8 Å². The van der Waals surface area contributed by atoms with Gasteiger partial charge in [0.15, 0.2) is 0 Å². The standard InChI is InChI=1S/C17H20N2OS/c1-12-11-21-17(19-12)15-8-4-7-14(9-15)16(20)18-10-13-5-2-3-6-13/h4,7-9,11,13H,2-3,5-6,10H2,1H3,(H,18,20). The van der Waals surface area contributed by atoms with Gasteiger partial charge in [0.1, 0.15) is 5.01 Å². The zero-order chi connectivity index (χ0) is 14.7. The van der Waals surface area contributed by atoms with Crippen LogP contribution in [-0.2, 0) is 0 Å². The molecule has 1 aliphatic rings. The van der Waals surface area contributed by atoms with E-state index in [9.17, 15) is 4.79 Å². The quantitative estimate of drug-likeness (QED) is 0.926. The number of carbonyl (C=O) groups excluding carboxylic acids is 1. The van der Waals surface area contributed by atoms with Crippen molar-refractivity contribution in [3.63, 3.8) is 0 Å². The first-order valence-electron chi connectivity index (χ1n) is 7.53. The topological polar surface area (TPSA) is 42.0 Å². The summed E-state index contributed by atoms with van der Waals surface area (Å²) in [6, 6.07) is 7.73. The second kappa shape index (κ2) is 6.39. The molecule has 0 radical (unpaired) electrons. The number of hydrogen-bond donors (Lipinski definition) is 1. The van der Waals surface area contributed by atoms with Crippen LogP contribution < -0.4 is 5.32 Å². The molecule has 1 aliphatic carbocycles. The highest BCUT2D eigenvalue weighted by atomic mass is 32.1. The predicted molar refractivity (Wildman–Crippen MR) is 86.6 cm³/mol. The minimum atomic E-state index is 0.0250. The minimum Gasteiger partial charge on any atom is -0.352 e. The molecule has 1 heterocycles. The van der Waals surface area contributed by atoms with Crippen molar-refractivity contribution in [2.45, 2.75) is 32.6 Å². The van der Waals surface area contributed by atoms with Crippen molar-refractivity contribution in [2.24, 2.45) is 5.92 Å². The highest BCUT2D eigenvalue weighted by molar-refractivity contribution is 7.13. The van der Waals surface area contributed by atoms with Crippen LogP contribution in [0.25, 0.3) is 10.6 Å².